The molecule has 0 aromatic heterocycles. The van der Waals surface area contributed by atoms with Crippen molar-refractivity contribution in [1.82, 2.24) is 4.31 Å². The van der Waals surface area contributed by atoms with Gasteiger partial charge in [-0.15, -0.1) is 0 Å². The second kappa shape index (κ2) is 8.30. The number of halogens is 1. The van der Waals surface area contributed by atoms with Crippen molar-refractivity contribution in [2.45, 2.75) is 17.7 Å². The van der Waals surface area contributed by atoms with Crippen LogP contribution in [0.15, 0.2) is 53.4 Å². The van der Waals surface area contributed by atoms with E-state index in [1.54, 1.807) is 31.3 Å². The van der Waals surface area contributed by atoms with Crippen molar-refractivity contribution in [3.63, 3.8) is 0 Å². The highest BCUT2D eigenvalue weighted by atomic mass is 32.2. The normalized spacial score (nSPS) is 15.8. The molecule has 154 valence electrons. The smallest absolute Gasteiger partial charge is 0.248 e. The fourth-order valence-electron chi connectivity index (χ4n) is 3.39. The van der Waals surface area contributed by atoms with Gasteiger partial charge >= 0.3 is 0 Å². The van der Waals surface area contributed by atoms with Crippen LogP contribution in [0.3, 0.4) is 0 Å². The molecular formula is C20H22FN3O4S. The molecule has 0 aliphatic carbocycles. The lowest BCUT2D eigenvalue weighted by Gasteiger charge is -2.32. The van der Waals surface area contributed by atoms with E-state index in [1.807, 2.05) is 0 Å². The first-order chi connectivity index (χ1) is 13.7. The predicted molar refractivity (Wildman–Crippen MR) is 106 cm³/mol. The topological polar surface area (TPSA) is 101 Å². The number of sulfonamides is 1. The van der Waals surface area contributed by atoms with Crippen LogP contribution in [0.4, 0.5) is 10.1 Å². The van der Waals surface area contributed by atoms with Crippen LogP contribution in [-0.2, 0) is 14.8 Å². The second-order valence-electron chi connectivity index (χ2n) is 6.92. The van der Waals surface area contributed by atoms with Gasteiger partial charge in [-0.1, -0.05) is 12.1 Å². The molecule has 3 rings (SSSR count). The molecule has 2 aromatic carbocycles. The Bertz CT molecular complexity index is 1020. The van der Waals surface area contributed by atoms with Crippen LogP contribution in [0.25, 0.3) is 0 Å². The highest BCUT2D eigenvalue weighted by molar-refractivity contribution is 7.89. The van der Waals surface area contributed by atoms with Gasteiger partial charge in [0.05, 0.1) is 0 Å². The summed E-state index contributed by atoms with van der Waals surface area (Å²) in [5.41, 5.74) is 6.18. The van der Waals surface area contributed by atoms with E-state index in [1.165, 1.54) is 27.4 Å². The highest BCUT2D eigenvalue weighted by Gasteiger charge is 2.34. The summed E-state index contributed by atoms with van der Waals surface area (Å²) < 4.78 is 40.5. The maximum absolute atomic E-state index is 13.9. The average molecular weight is 419 g/mol. The number of rotatable bonds is 5. The number of nitrogens with zero attached hydrogens (tertiary/aromatic N) is 2. The minimum Gasteiger partial charge on any atom is -0.366 e. The Hall–Kier alpha value is -2.78. The van der Waals surface area contributed by atoms with Crippen LogP contribution in [0, 0.1) is 11.7 Å². The van der Waals surface area contributed by atoms with Gasteiger partial charge in [0.2, 0.25) is 21.8 Å². The molecule has 0 spiro atoms. The fraction of sp³-hybridized carbons (Fsp3) is 0.300. The van der Waals surface area contributed by atoms with Crippen LogP contribution < -0.4 is 10.6 Å². The third kappa shape index (κ3) is 4.30. The molecule has 2 amide bonds. The lowest BCUT2D eigenvalue weighted by Crippen LogP contribution is -2.43. The van der Waals surface area contributed by atoms with Gasteiger partial charge in [-0.3, -0.25) is 9.59 Å². The summed E-state index contributed by atoms with van der Waals surface area (Å²) >= 11 is 0. The first-order valence-electron chi connectivity index (χ1n) is 9.14. The van der Waals surface area contributed by atoms with Gasteiger partial charge in [0.15, 0.2) is 0 Å². The van der Waals surface area contributed by atoms with Crippen molar-refractivity contribution in [3.8, 4) is 0 Å². The van der Waals surface area contributed by atoms with Gasteiger partial charge in [-0.05, 0) is 49.2 Å². The van der Waals surface area contributed by atoms with Gasteiger partial charge in [0.1, 0.15) is 10.7 Å². The largest absolute Gasteiger partial charge is 0.366 e. The van der Waals surface area contributed by atoms with E-state index in [0.29, 0.717) is 24.1 Å². The molecule has 0 bridgehead atoms. The number of primary amides is 1. The second-order valence-corrected chi connectivity index (χ2v) is 8.82. The minimum atomic E-state index is -3.94. The number of hydrogen-bond donors (Lipinski definition) is 1. The van der Waals surface area contributed by atoms with Crippen LogP contribution in [0.2, 0.25) is 0 Å². The molecule has 7 nitrogen and oxygen atoms in total. The third-order valence-electron chi connectivity index (χ3n) is 5.13. The molecule has 0 unspecified atom stereocenters. The SMILES string of the molecule is CN(C(=O)C1CCN(S(=O)(=O)c2ccccc2F)CC1)c1ccc(C(N)=O)cc1. The lowest BCUT2D eigenvalue weighted by atomic mass is 9.96. The van der Waals surface area contributed by atoms with Crippen molar-refractivity contribution >= 4 is 27.5 Å². The van der Waals surface area contributed by atoms with Gasteiger partial charge in [-0.25, -0.2) is 12.8 Å². The third-order valence-corrected chi connectivity index (χ3v) is 7.06. The summed E-state index contributed by atoms with van der Waals surface area (Å²) in [7, 11) is -2.31. The standard InChI is InChI=1S/C20H22FN3O4S/c1-23(16-8-6-14(7-9-16)19(22)25)20(26)15-10-12-24(13-11-15)29(27,28)18-5-3-2-4-17(18)21/h2-9,15H,10-13H2,1H3,(H2,22,25). The molecule has 0 saturated carbocycles. The van der Waals surface area contributed by atoms with Crippen molar-refractivity contribution in [2.75, 3.05) is 25.0 Å². The van der Waals surface area contributed by atoms with Crippen molar-refractivity contribution < 1.29 is 22.4 Å². The molecule has 1 aliphatic rings. The van der Waals surface area contributed by atoms with Crippen LogP contribution in [0.1, 0.15) is 23.2 Å². The number of carbonyl (C=O) groups excluding carboxylic acids is 2. The molecule has 1 heterocycles. The van der Waals surface area contributed by atoms with Crippen molar-refractivity contribution in [2.24, 2.45) is 11.7 Å². The van der Waals surface area contributed by atoms with E-state index in [9.17, 15) is 22.4 Å². The molecule has 9 heteroatoms. The Morgan fingerprint density at radius 2 is 1.66 bits per heavy atom. The zero-order valence-corrected chi connectivity index (χ0v) is 16.7. The van der Waals surface area contributed by atoms with E-state index < -0.39 is 21.7 Å². The molecule has 0 atom stereocenters. The highest BCUT2D eigenvalue weighted by Crippen LogP contribution is 2.27. The number of piperidine rings is 1. The van der Waals surface area contributed by atoms with Gasteiger partial charge < -0.3 is 10.6 Å². The van der Waals surface area contributed by atoms with Crippen LogP contribution in [0.5, 0.6) is 0 Å². The quantitative estimate of drug-likeness (QED) is 0.801. The molecular weight excluding hydrogens is 397 g/mol. The number of benzene rings is 2. The van der Waals surface area contributed by atoms with E-state index in [4.69, 9.17) is 5.73 Å². The molecule has 2 N–H and O–H groups in total. The Morgan fingerprint density at radius 3 is 2.21 bits per heavy atom. The Balaban J connectivity index is 1.66. The summed E-state index contributed by atoms with van der Waals surface area (Å²) in [6, 6.07) is 11.6. The van der Waals surface area contributed by atoms with Crippen molar-refractivity contribution in [3.05, 3.63) is 59.9 Å². The van der Waals surface area contributed by atoms with E-state index in [0.717, 1.165) is 6.07 Å². The van der Waals surface area contributed by atoms with Crippen LogP contribution in [-0.4, -0.2) is 44.7 Å². The molecule has 2 aromatic rings. The first kappa shape index (κ1) is 20.9. The maximum atomic E-state index is 13.9. The lowest BCUT2D eigenvalue weighted by molar-refractivity contribution is -0.123. The van der Waals surface area contributed by atoms with Gasteiger partial charge in [0, 0.05) is 37.3 Å². The Labute approximate surface area is 169 Å². The van der Waals surface area contributed by atoms with Crippen LogP contribution >= 0.6 is 0 Å². The summed E-state index contributed by atoms with van der Waals surface area (Å²) in [5.74, 6) is -1.82. The summed E-state index contributed by atoms with van der Waals surface area (Å²) in [6.07, 6.45) is 0.687. The zero-order chi connectivity index (χ0) is 21.2. The molecule has 1 saturated heterocycles. The maximum Gasteiger partial charge on any atom is 0.248 e. The molecule has 1 fully saturated rings. The van der Waals surface area contributed by atoms with E-state index >= 15 is 0 Å². The van der Waals surface area contributed by atoms with Gasteiger partial charge in [-0.2, -0.15) is 4.31 Å². The van der Waals surface area contributed by atoms with Gasteiger partial charge in [0.25, 0.3) is 0 Å². The van der Waals surface area contributed by atoms with E-state index in [-0.39, 0.29) is 29.8 Å². The molecule has 29 heavy (non-hydrogen) atoms. The predicted octanol–water partition coefficient (Wildman–Crippen LogP) is 1.99. The number of carbonyl (C=O) groups is 2. The zero-order valence-electron chi connectivity index (χ0n) is 15.9. The molecule has 1 aliphatic heterocycles. The molecule has 0 radical (unpaired) electrons. The summed E-state index contributed by atoms with van der Waals surface area (Å²) in [5, 5.41) is 0. The van der Waals surface area contributed by atoms with Crippen molar-refractivity contribution in [1.29, 1.82) is 0 Å². The van der Waals surface area contributed by atoms with E-state index in [2.05, 4.69) is 0 Å². The first-order valence-corrected chi connectivity index (χ1v) is 10.6. The minimum absolute atomic E-state index is 0.139. The monoisotopic (exact) mass is 419 g/mol. The summed E-state index contributed by atoms with van der Waals surface area (Å²) in [6.45, 7) is 0.281. The summed E-state index contributed by atoms with van der Waals surface area (Å²) in [4.78, 5) is 25.1. The number of nitrogens with two attached hydrogens (primary N) is 1. The number of hydrogen-bond acceptors (Lipinski definition) is 4. The number of anilines is 1. The Kier molecular flexibility index (Phi) is 5.99. The average Bonchev–Trinajstić information content (AvgIpc) is 2.73. The fourth-order valence-corrected chi connectivity index (χ4v) is 4.92. The number of amides is 2. The Morgan fingerprint density at radius 1 is 1.07 bits per heavy atom.